The van der Waals surface area contributed by atoms with Crippen LogP contribution in [0.5, 0.6) is 0 Å². The van der Waals surface area contributed by atoms with Crippen LogP contribution in [-0.4, -0.2) is 62.3 Å². The fraction of sp³-hybridized carbons (Fsp3) is 0.409. The van der Waals surface area contributed by atoms with Crippen LogP contribution in [0.2, 0.25) is 0 Å². The van der Waals surface area contributed by atoms with Gasteiger partial charge >= 0.3 is 0 Å². The number of morpholine rings is 1. The predicted octanol–water partition coefficient (Wildman–Crippen LogP) is 2.20. The molecule has 0 bridgehead atoms. The lowest BCUT2D eigenvalue weighted by Crippen LogP contribution is -2.38. The van der Waals surface area contributed by atoms with E-state index in [-0.39, 0.29) is 4.90 Å². The molecule has 7 nitrogen and oxygen atoms in total. The van der Waals surface area contributed by atoms with E-state index in [1.165, 1.54) is 0 Å². The molecule has 1 aliphatic rings. The third kappa shape index (κ3) is 4.89. The van der Waals surface area contributed by atoms with Gasteiger partial charge in [-0.05, 0) is 31.2 Å². The minimum Gasteiger partial charge on any atom is -0.379 e. The van der Waals surface area contributed by atoms with Gasteiger partial charge in [0, 0.05) is 39.1 Å². The Bertz CT molecular complexity index is 1090. The van der Waals surface area contributed by atoms with Gasteiger partial charge in [-0.15, -0.1) is 0 Å². The van der Waals surface area contributed by atoms with Crippen LogP contribution in [0.3, 0.4) is 0 Å². The molecule has 0 spiro atoms. The van der Waals surface area contributed by atoms with E-state index in [0.717, 1.165) is 61.8 Å². The number of ether oxygens (including phenoxy) is 1. The summed E-state index contributed by atoms with van der Waals surface area (Å²) in [6.07, 6.45) is 0.531. The van der Waals surface area contributed by atoms with Crippen molar-refractivity contribution < 1.29 is 13.2 Å². The molecule has 0 aliphatic carbocycles. The van der Waals surface area contributed by atoms with Crippen molar-refractivity contribution in [3.05, 3.63) is 59.9 Å². The van der Waals surface area contributed by atoms with Crippen molar-refractivity contribution in [3.8, 4) is 0 Å². The zero-order valence-corrected chi connectivity index (χ0v) is 18.1. The number of para-hydroxylation sites is 2. The molecular formula is C22H28N4O3S. The van der Waals surface area contributed by atoms with E-state index >= 15 is 0 Å². The van der Waals surface area contributed by atoms with Gasteiger partial charge in [0.05, 0.1) is 29.1 Å². The molecule has 160 valence electrons. The Morgan fingerprint density at radius 2 is 1.77 bits per heavy atom. The molecule has 2 heterocycles. The van der Waals surface area contributed by atoms with E-state index in [2.05, 4.69) is 20.3 Å². The van der Waals surface area contributed by atoms with Gasteiger partial charge < -0.3 is 9.30 Å². The van der Waals surface area contributed by atoms with Crippen molar-refractivity contribution in [2.45, 2.75) is 24.8 Å². The summed E-state index contributed by atoms with van der Waals surface area (Å²) in [6, 6.07) is 14.9. The number of benzene rings is 2. The molecule has 0 radical (unpaired) electrons. The minimum absolute atomic E-state index is 0.286. The Labute approximate surface area is 177 Å². The van der Waals surface area contributed by atoms with Crippen molar-refractivity contribution in [2.24, 2.45) is 0 Å². The third-order valence-corrected chi connectivity index (χ3v) is 6.93. The molecule has 1 aromatic heterocycles. The second-order valence-corrected chi connectivity index (χ2v) is 9.35. The summed E-state index contributed by atoms with van der Waals surface area (Å²) < 4.78 is 35.5. The summed E-state index contributed by atoms with van der Waals surface area (Å²) in [5.41, 5.74) is 3.06. The average Bonchev–Trinajstić information content (AvgIpc) is 3.10. The van der Waals surface area contributed by atoms with Gasteiger partial charge in [0.15, 0.2) is 0 Å². The lowest BCUT2D eigenvalue weighted by atomic mass is 10.2. The first-order valence-electron chi connectivity index (χ1n) is 10.3. The number of rotatable bonds is 8. The van der Waals surface area contributed by atoms with Crippen LogP contribution in [-0.2, 0) is 27.7 Å². The maximum absolute atomic E-state index is 12.6. The van der Waals surface area contributed by atoms with E-state index in [0.29, 0.717) is 13.0 Å². The van der Waals surface area contributed by atoms with Gasteiger partial charge in [-0.3, -0.25) is 4.90 Å². The summed E-state index contributed by atoms with van der Waals surface area (Å²) in [6.45, 7) is 7.42. The van der Waals surface area contributed by atoms with Crippen LogP contribution in [0.4, 0.5) is 0 Å². The SMILES string of the molecule is Cc1ccc(S(=O)(=O)NCCc2nc3ccccc3n2CCN2CCOCC2)cc1. The van der Waals surface area contributed by atoms with Crippen LogP contribution < -0.4 is 4.72 Å². The smallest absolute Gasteiger partial charge is 0.240 e. The standard InChI is InChI=1S/C22H28N4O3S/c1-18-6-8-19(9-7-18)30(27,28)23-11-10-22-24-20-4-2-3-5-21(20)26(22)13-12-25-14-16-29-17-15-25/h2-9,23H,10-17H2,1H3. The normalized spacial score (nSPS) is 15.6. The number of nitrogens with zero attached hydrogens (tertiary/aromatic N) is 3. The monoisotopic (exact) mass is 428 g/mol. The van der Waals surface area contributed by atoms with Crippen LogP contribution in [0.25, 0.3) is 11.0 Å². The van der Waals surface area contributed by atoms with Crippen molar-refractivity contribution in [3.63, 3.8) is 0 Å². The van der Waals surface area contributed by atoms with E-state index in [1.807, 2.05) is 25.1 Å². The number of fused-ring (bicyclic) bond motifs is 1. The Morgan fingerprint density at radius 3 is 2.53 bits per heavy atom. The topological polar surface area (TPSA) is 76.5 Å². The first-order chi connectivity index (χ1) is 14.5. The molecule has 1 aliphatic heterocycles. The Hall–Kier alpha value is -2.26. The molecule has 0 amide bonds. The Kier molecular flexibility index (Phi) is 6.48. The number of aromatic nitrogens is 2. The highest BCUT2D eigenvalue weighted by atomic mass is 32.2. The molecule has 2 aromatic carbocycles. The van der Waals surface area contributed by atoms with Crippen LogP contribution in [0.1, 0.15) is 11.4 Å². The fourth-order valence-electron chi connectivity index (χ4n) is 3.73. The summed E-state index contributed by atoms with van der Waals surface area (Å²) in [4.78, 5) is 7.44. The largest absolute Gasteiger partial charge is 0.379 e. The molecule has 30 heavy (non-hydrogen) atoms. The second-order valence-electron chi connectivity index (χ2n) is 7.58. The van der Waals surface area contributed by atoms with Gasteiger partial charge in [-0.25, -0.2) is 18.1 Å². The third-order valence-electron chi connectivity index (χ3n) is 5.45. The van der Waals surface area contributed by atoms with Crippen molar-refractivity contribution in [2.75, 3.05) is 39.4 Å². The second kappa shape index (κ2) is 9.26. The van der Waals surface area contributed by atoms with Gasteiger partial charge in [-0.2, -0.15) is 0 Å². The fourth-order valence-corrected chi connectivity index (χ4v) is 4.76. The van der Waals surface area contributed by atoms with Crippen LogP contribution >= 0.6 is 0 Å². The lowest BCUT2D eigenvalue weighted by Gasteiger charge is -2.27. The molecule has 1 saturated heterocycles. The number of aryl methyl sites for hydroxylation is 1. The molecule has 1 N–H and O–H groups in total. The zero-order chi connectivity index (χ0) is 21.0. The zero-order valence-electron chi connectivity index (χ0n) is 17.3. The molecule has 4 rings (SSSR count). The highest BCUT2D eigenvalue weighted by molar-refractivity contribution is 7.89. The molecule has 1 fully saturated rings. The summed E-state index contributed by atoms with van der Waals surface area (Å²) in [7, 11) is -3.53. The minimum atomic E-state index is -3.53. The molecule has 0 unspecified atom stereocenters. The van der Waals surface area contributed by atoms with Crippen molar-refractivity contribution >= 4 is 21.1 Å². The van der Waals surface area contributed by atoms with Crippen LogP contribution in [0.15, 0.2) is 53.4 Å². The van der Waals surface area contributed by atoms with E-state index in [4.69, 9.17) is 9.72 Å². The Morgan fingerprint density at radius 1 is 1.03 bits per heavy atom. The maximum Gasteiger partial charge on any atom is 0.240 e. The Balaban J connectivity index is 1.45. The molecule has 0 saturated carbocycles. The number of hydrogen-bond acceptors (Lipinski definition) is 5. The number of sulfonamides is 1. The molecule has 0 atom stereocenters. The van der Waals surface area contributed by atoms with Gasteiger partial charge in [0.2, 0.25) is 10.0 Å². The highest BCUT2D eigenvalue weighted by Gasteiger charge is 2.16. The van der Waals surface area contributed by atoms with Crippen molar-refractivity contribution in [1.82, 2.24) is 19.2 Å². The first-order valence-corrected chi connectivity index (χ1v) is 11.8. The average molecular weight is 429 g/mol. The van der Waals surface area contributed by atoms with Crippen molar-refractivity contribution in [1.29, 1.82) is 0 Å². The highest BCUT2D eigenvalue weighted by Crippen LogP contribution is 2.17. The maximum atomic E-state index is 12.6. The summed E-state index contributed by atoms with van der Waals surface area (Å²) in [5, 5.41) is 0. The summed E-state index contributed by atoms with van der Waals surface area (Å²) >= 11 is 0. The quantitative estimate of drug-likeness (QED) is 0.595. The van der Waals surface area contributed by atoms with Gasteiger partial charge in [0.1, 0.15) is 5.82 Å². The number of hydrogen-bond donors (Lipinski definition) is 1. The summed E-state index contributed by atoms with van der Waals surface area (Å²) in [5.74, 6) is 0.899. The number of imidazole rings is 1. The van der Waals surface area contributed by atoms with Crippen LogP contribution in [0, 0.1) is 6.92 Å². The van der Waals surface area contributed by atoms with E-state index in [9.17, 15) is 8.42 Å². The van der Waals surface area contributed by atoms with E-state index < -0.39 is 10.0 Å². The molecular weight excluding hydrogens is 400 g/mol. The van der Waals surface area contributed by atoms with Gasteiger partial charge in [0.25, 0.3) is 0 Å². The van der Waals surface area contributed by atoms with E-state index in [1.54, 1.807) is 24.3 Å². The lowest BCUT2D eigenvalue weighted by molar-refractivity contribution is 0.0364. The first kappa shape index (κ1) is 21.0. The van der Waals surface area contributed by atoms with Gasteiger partial charge in [-0.1, -0.05) is 29.8 Å². The number of nitrogens with one attached hydrogen (secondary N) is 1. The predicted molar refractivity (Wildman–Crippen MR) is 117 cm³/mol. The molecule has 3 aromatic rings. The molecule has 8 heteroatoms.